The number of hydrogen-bond acceptors (Lipinski definition) is 2. The molecular formula is C20H17Br2NO. The minimum Gasteiger partial charge on any atom is -0.298 e. The van der Waals surface area contributed by atoms with E-state index in [1.54, 1.807) is 0 Å². The van der Waals surface area contributed by atoms with E-state index in [0.717, 1.165) is 31.2 Å². The molecule has 0 aliphatic carbocycles. The van der Waals surface area contributed by atoms with Crippen LogP contribution in [0.25, 0.3) is 12.2 Å². The lowest BCUT2D eigenvalue weighted by molar-refractivity contribution is -0.113. The Morgan fingerprint density at radius 1 is 0.833 bits per heavy atom. The number of piperidine rings is 1. The van der Waals surface area contributed by atoms with Crippen LogP contribution < -0.4 is 0 Å². The predicted octanol–water partition coefficient (Wildman–Crippen LogP) is 5.19. The summed E-state index contributed by atoms with van der Waals surface area (Å²) in [6.45, 7) is 1.32. The molecule has 122 valence electrons. The van der Waals surface area contributed by atoms with Gasteiger partial charge in [0.15, 0.2) is 5.78 Å². The Kier molecular flexibility index (Phi) is 5.49. The summed E-state index contributed by atoms with van der Waals surface area (Å²) in [6.07, 6.45) is 3.96. The first-order valence-corrected chi connectivity index (χ1v) is 9.26. The van der Waals surface area contributed by atoms with Gasteiger partial charge in [0.2, 0.25) is 0 Å². The summed E-state index contributed by atoms with van der Waals surface area (Å²) in [6, 6.07) is 15.9. The fraction of sp³-hybridized carbons (Fsp3) is 0.150. The van der Waals surface area contributed by atoms with Crippen molar-refractivity contribution in [3.8, 4) is 0 Å². The molecule has 1 fully saturated rings. The number of Topliss-reactive ketones (excluding diaryl/α,β-unsaturated/α-hetero) is 1. The van der Waals surface area contributed by atoms with Crippen molar-refractivity contribution in [3.63, 3.8) is 0 Å². The second-order valence-corrected chi connectivity index (χ2v) is 7.59. The summed E-state index contributed by atoms with van der Waals surface area (Å²) in [4.78, 5) is 15.1. The van der Waals surface area contributed by atoms with Crippen molar-refractivity contribution < 1.29 is 4.79 Å². The minimum absolute atomic E-state index is 0.125. The third-order valence-corrected chi connectivity index (χ3v) is 5.38. The molecular weight excluding hydrogens is 430 g/mol. The molecule has 0 bridgehead atoms. The van der Waals surface area contributed by atoms with E-state index in [1.165, 1.54) is 0 Å². The Morgan fingerprint density at radius 3 is 1.67 bits per heavy atom. The van der Waals surface area contributed by atoms with Crippen LogP contribution in [0.2, 0.25) is 0 Å². The Labute approximate surface area is 159 Å². The average molecular weight is 447 g/mol. The van der Waals surface area contributed by atoms with Gasteiger partial charge in [-0.1, -0.05) is 68.3 Å². The van der Waals surface area contributed by atoms with Gasteiger partial charge in [-0.25, -0.2) is 0 Å². The van der Waals surface area contributed by atoms with Crippen LogP contribution >= 0.6 is 31.9 Å². The normalized spacial score (nSPS) is 19.2. The van der Waals surface area contributed by atoms with Gasteiger partial charge in [-0.2, -0.15) is 0 Å². The van der Waals surface area contributed by atoms with Crippen molar-refractivity contribution in [2.24, 2.45) is 0 Å². The molecule has 1 aliphatic heterocycles. The molecule has 24 heavy (non-hydrogen) atoms. The molecule has 1 saturated heterocycles. The zero-order valence-electron chi connectivity index (χ0n) is 13.3. The van der Waals surface area contributed by atoms with Crippen LogP contribution in [0.4, 0.5) is 0 Å². The van der Waals surface area contributed by atoms with E-state index in [2.05, 4.69) is 36.8 Å². The molecule has 0 unspecified atom stereocenters. The molecule has 0 N–H and O–H groups in total. The molecule has 0 amide bonds. The lowest BCUT2D eigenvalue weighted by atomic mass is 9.94. The van der Waals surface area contributed by atoms with Crippen molar-refractivity contribution in [2.45, 2.75) is 0 Å². The monoisotopic (exact) mass is 445 g/mol. The van der Waals surface area contributed by atoms with Gasteiger partial charge in [0.1, 0.15) is 0 Å². The van der Waals surface area contributed by atoms with Gasteiger partial charge < -0.3 is 0 Å². The second-order valence-electron chi connectivity index (χ2n) is 5.88. The summed E-state index contributed by atoms with van der Waals surface area (Å²) in [7, 11) is 2.04. The SMILES string of the molecule is CN1CC(=Cc2ccccc2Br)C(=O)C(=Cc2ccccc2Br)C1. The number of carbonyl (C=O) groups excluding carboxylic acids is 1. The first-order chi connectivity index (χ1) is 11.5. The van der Waals surface area contributed by atoms with Crippen LogP contribution in [0.15, 0.2) is 68.6 Å². The van der Waals surface area contributed by atoms with Crippen LogP contribution in [0, 0.1) is 0 Å². The number of ketones is 1. The standard InChI is InChI=1S/C20H17Br2NO/c1-23-12-16(10-14-6-2-4-8-18(14)21)20(24)17(13-23)11-15-7-3-5-9-19(15)22/h2-11H,12-13H2,1H3. The van der Waals surface area contributed by atoms with Crippen LogP contribution in [0.1, 0.15) is 11.1 Å². The number of likely N-dealkylation sites (tertiary alicyclic amines) is 1. The molecule has 1 heterocycles. The Hall–Kier alpha value is -1.49. The highest BCUT2D eigenvalue weighted by atomic mass is 79.9. The highest BCUT2D eigenvalue weighted by Crippen LogP contribution is 2.26. The Morgan fingerprint density at radius 2 is 1.25 bits per heavy atom. The maximum Gasteiger partial charge on any atom is 0.187 e. The number of benzene rings is 2. The third-order valence-electron chi connectivity index (χ3n) is 3.93. The lowest BCUT2D eigenvalue weighted by Crippen LogP contribution is -2.34. The van der Waals surface area contributed by atoms with Crippen LogP contribution in [-0.4, -0.2) is 30.8 Å². The maximum atomic E-state index is 12.9. The molecule has 2 aromatic carbocycles. The van der Waals surface area contributed by atoms with Crippen LogP contribution in [0.5, 0.6) is 0 Å². The van der Waals surface area contributed by atoms with E-state index in [4.69, 9.17) is 0 Å². The van der Waals surface area contributed by atoms with Gasteiger partial charge in [-0.15, -0.1) is 0 Å². The van der Waals surface area contributed by atoms with Gasteiger partial charge in [-0.3, -0.25) is 9.69 Å². The molecule has 1 aliphatic rings. The lowest BCUT2D eigenvalue weighted by Gasteiger charge is -2.26. The molecule has 0 saturated carbocycles. The third kappa shape index (κ3) is 3.94. The van der Waals surface area contributed by atoms with Crippen LogP contribution in [0.3, 0.4) is 0 Å². The van der Waals surface area contributed by atoms with Gasteiger partial charge in [0, 0.05) is 33.2 Å². The van der Waals surface area contributed by atoms with E-state index < -0.39 is 0 Å². The summed E-state index contributed by atoms with van der Waals surface area (Å²) >= 11 is 7.09. The van der Waals surface area contributed by atoms with Crippen molar-refractivity contribution >= 4 is 49.8 Å². The highest BCUT2D eigenvalue weighted by molar-refractivity contribution is 9.10. The molecule has 0 aromatic heterocycles. The average Bonchev–Trinajstić information content (AvgIpc) is 2.56. The number of nitrogens with zero attached hydrogens (tertiary/aromatic N) is 1. The smallest absolute Gasteiger partial charge is 0.187 e. The fourth-order valence-electron chi connectivity index (χ4n) is 2.77. The van der Waals surface area contributed by atoms with Gasteiger partial charge >= 0.3 is 0 Å². The fourth-order valence-corrected chi connectivity index (χ4v) is 3.57. The van der Waals surface area contributed by atoms with E-state index in [1.807, 2.05) is 67.7 Å². The molecule has 3 rings (SSSR count). The molecule has 2 nitrogen and oxygen atoms in total. The summed E-state index contributed by atoms with van der Waals surface area (Å²) < 4.78 is 1.99. The first-order valence-electron chi connectivity index (χ1n) is 7.68. The zero-order chi connectivity index (χ0) is 17.1. The van der Waals surface area contributed by atoms with E-state index >= 15 is 0 Å². The largest absolute Gasteiger partial charge is 0.298 e. The zero-order valence-corrected chi connectivity index (χ0v) is 16.5. The molecule has 0 spiro atoms. The first kappa shape index (κ1) is 17.3. The van der Waals surface area contributed by atoms with Crippen LogP contribution in [-0.2, 0) is 4.79 Å². The number of carbonyl (C=O) groups is 1. The number of rotatable bonds is 2. The number of hydrogen-bond donors (Lipinski definition) is 0. The quantitative estimate of drug-likeness (QED) is 0.591. The molecule has 0 atom stereocenters. The van der Waals surface area contributed by atoms with Crippen molar-refractivity contribution in [1.82, 2.24) is 4.90 Å². The van der Waals surface area contributed by atoms with Crippen molar-refractivity contribution in [3.05, 3.63) is 79.7 Å². The number of likely N-dealkylation sites (N-methyl/N-ethyl adjacent to an activating group) is 1. The van der Waals surface area contributed by atoms with E-state index in [0.29, 0.717) is 13.1 Å². The molecule has 2 aromatic rings. The highest BCUT2D eigenvalue weighted by Gasteiger charge is 2.24. The number of halogens is 2. The van der Waals surface area contributed by atoms with Crippen molar-refractivity contribution in [1.29, 1.82) is 0 Å². The molecule has 0 radical (unpaired) electrons. The van der Waals surface area contributed by atoms with E-state index in [9.17, 15) is 4.79 Å². The maximum absolute atomic E-state index is 12.9. The predicted molar refractivity (Wildman–Crippen MR) is 107 cm³/mol. The Balaban J connectivity index is 1.98. The van der Waals surface area contributed by atoms with Gasteiger partial charge in [0.05, 0.1) is 0 Å². The Bertz CT molecular complexity index is 772. The topological polar surface area (TPSA) is 20.3 Å². The van der Waals surface area contributed by atoms with Gasteiger partial charge in [0.25, 0.3) is 0 Å². The van der Waals surface area contributed by atoms with Gasteiger partial charge in [-0.05, 0) is 42.5 Å². The second kappa shape index (κ2) is 7.60. The van der Waals surface area contributed by atoms with E-state index in [-0.39, 0.29) is 5.78 Å². The summed E-state index contributed by atoms with van der Waals surface area (Å²) in [5.74, 6) is 0.125. The minimum atomic E-state index is 0.125. The van der Waals surface area contributed by atoms with Crippen molar-refractivity contribution in [2.75, 3.05) is 20.1 Å². The summed E-state index contributed by atoms with van der Waals surface area (Å²) in [5.41, 5.74) is 3.68. The molecule has 4 heteroatoms. The summed E-state index contributed by atoms with van der Waals surface area (Å²) in [5, 5.41) is 0.